The van der Waals surface area contributed by atoms with Gasteiger partial charge in [0, 0.05) is 52.3 Å². The van der Waals surface area contributed by atoms with Gasteiger partial charge in [0.05, 0.1) is 49.3 Å². The number of oxazole rings is 1. The molecule has 0 radical (unpaired) electrons. The number of nitrogens with zero attached hydrogens (tertiary/aromatic N) is 2. The van der Waals surface area contributed by atoms with Gasteiger partial charge in [-0.25, -0.2) is 19.4 Å². The van der Waals surface area contributed by atoms with Gasteiger partial charge in [-0.15, -0.1) is 0 Å². The van der Waals surface area contributed by atoms with Crippen LogP contribution in [0.2, 0.25) is 0 Å². The van der Waals surface area contributed by atoms with Crippen LogP contribution in [0.25, 0.3) is 0 Å². The molecule has 17 nitrogen and oxygen atoms in total. The summed E-state index contributed by atoms with van der Waals surface area (Å²) in [6.07, 6.45) is 3.03. The lowest BCUT2D eigenvalue weighted by molar-refractivity contribution is -0.0691. The summed E-state index contributed by atoms with van der Waals surface area (Å²) in [4.78, 5) is 38.7. The third-order valence-corrected chi connectivity index (χ3v) is 9.74. The predicted molar refractivity (Wildman–Crippen MR) is 262 cm³/mol. The minimum Gasteiger partial charge on any atom is -0.490 e. The molecular weight excluding hydrogens is 1000 g/mol. The van der Waals surface area contributed by atoms with E-state index in [1.54, 1.807) is 55.6 Å². The number of ether oxygens (including phenoxy) is 6. The van der Waals surface area contributed by atoms with E-state index in [0.717, 1.165) is 23.5 Å². The number of anilines is 6. The standard InChI is InChI=1S/C21H22N2O5.C16H15F2NO4.C15H11F4NO4/c1-3-26-19-10-9-17(11-20(19)27-4-2)23(13-18-12-22-14-28-18)16-7-5-15(6-8-16)21(24)25;1-2-22-14-9-12(7-8-13(14)23-16(17)18)19-11-5-3-10(4-6-11)15(20)21;16-14(17)23-11-6-5-10(7-12(11)24-15(18)19)20-9-3-1-8(2-4-9)13(21)22/h5-12,14H,3-4,13H2,1-2H3,(H,24,25);3-9,16,19H,2H2,1H3,(H,20,21);1-7,14-15,20H,(H,21,22). The van der Waals surface area contributed by atoms with E-state index in [-0.39, 0.29) is 33.9 Å². The summed E-state index contributed by atoms with van der Waals surface area (Å²) >= 11 is 0. The van der Waals surface area contributed by atoms with Crippen LogP contribution in [0.3, 0.4) is 0 Å². The number of benzene rings is 6. The van der Waals surface area contributed by atoms with E-state index in [1.807, 2.05) is 36.9 Å². The molecule has 7 rings (SSSR count). The average molecular weight is 1050 g/mol. The van der Waals surface area contributed by atoms with E-state index in [4.69, 9.17) is 33.9 Å². The van der Waals surface area contributed by atoms with Gasteiger partial charge in [-0.05, 0) is 130 Å². The second-order valence-electron chi connectivity index (χ2n) is 14.8. The molecule has 0 saturated carbocycles. The van der Waals surface area contributed by atoms with Crippen LogP contribution in [-0.4, -0.2) is 77.9 Å². The number of halogens is 6. The van der Waals surface area contributed by atoms with Crippen molar-refractivity contribution in [2.45, 2.75) is 47.2 Å². The van der Waals surface area contributed by atoms with E-state index in [9.17, 15) is 40.7 Å². The molecule has 0 unspecified atom stereocenters. The van der Waals surface area contributed by atoms with E-state index in [0.29, 0.717) is 60.7 Å². The summed E-state index contributed by atoms with van der Waals surface area (Å²) in [5, 5.41) is 32.6. The Morgan fingerprint density at radius 2 is 0.867 bits per heavy atom. The number of carboxylic acids is 3. The van der Waals surface area contributed by atoms with Gasteiger partial charge in [0.15, 0.2) is 40.9 Å². The first-order chi connectivity index (χ1) is 36.0. The zero-order chi connectivity index (χ0) is 54.4. The molecule has 7 aromatic rings. The van der Waals surface area contributed by atoms with E-state index in [1.165, 1.54) is 61.0 Å². The Balaban J connectivity index is 0.000000209. The lowest BCUT2D eigenvalue weighted by atomic mass is 10.1. The van der Waals surface area contributed by atoms with Crippen molar-refractivity contribution in [2.75, 3.05) is 35.4 Å². The van der Waals surface area contributed by atoms with Crippen LogP contribution in [-0.2, 0) is 6.54 Å². The van der Waals surface area contributed by atoms with Gasteiger partial charge in [0.25, 0.3) is 0 Å². The highest BCUT2D eigenvalue weighted by Gasteiger charge is 2.19. The van der Waals surface area contributed by atoms with Gasteiger partial charge >= 0.3 is 37.7 Å². The molecule has 0 aliphatic carbocycles. The lowest BCUT2D eigenvalue weighted by Gasteiger charge is -2.25. The lowest BCUT2D eigenvalue weighted by Crippen LogP contribution is -2.16. The number of alkyl halides is 6. The summed E-state index contributed by atoms with van der Waals surface area (Å²) in [6.45, 7) is -1.99. The Kier molecular flexibility index (Phi) is 21.2. The van der Waals surface area contributed by atoms with Gasteiger partial charge in [-0.1, -0.05) is 0 Å². The second-order valence-corrected chi connectivity index (χ2v) is 14.8. The molecule has 0 bridgehead atoms. The van der Waals surface area contributed by atoms with Crippen molar-refractivity contribution in [3.63, 3.8) is 0 Å². The molecule has 23 heteroatoms. The molecule has 6 aromatic carbocycles. The van der Waals surface area contributed by atoms with Crippen LogP contribution < -0.4 is 44.0 Å². The molecule has 5 N–H and O–H groups in total. The van der Waals surface area contributed by atoms with E-state index >= 15 is 0 Å². The maximum Gasteiger partial charge on any atom is 0.387 e. The predicted octanol–water partition coefficient (Wildman–Crippen LogP) is 13.0. The number of aromatic nitrogens is 1. The first-order valence-electron chi connectivity index (χ1n) is 22.3. The van der Waals surface area contributed by atoms with Crippen LogP contribution >= 0.6 is 0 Å². The Labute approximate surface area is 424 Å². The van der Waals surface area contributed by atoms with Crippen molar-refractivity contribution < 1.29 is 88.9 Å². The minimum atomic E-state index is -3.21. The van der Waals surface area contributed by atoms with Crippen LogP contribution in [0.4, 0.5) is 60.5 Å². The number of aromatic carboxylic acids is 3. The molecule has 0 saturated heterocycles. The normalized spacial score (nSPS) is 10.6. The quantitative estimate of drug-likeness (QED) is 0.0376. The molecular formula is C52H48F6N4O13. The highest BCUT2D eigenvalue weighted by molar-refractivity contribution is 5.89. The van der Waals surface area contributed by atoms with E-state index in [2.05, 4.69) is 29.8 Å². The fourth-order valence-electron chi connectivity index (χ4n) is 6.54. The molecule has 0 fully saturated rings. The van der Waals surface area contributed by atoms with Gasteiger partial charge in [0.2, 0.25) is 0 Å². The van der Waals surface area contributed by atoms with Crippen LogP contribution in [0, 0.1) is 0 Å². The maximum absolute atomic E-state index is 12.4. The fourth-order valence-corrected chi connectivity index (χ4v) is 6.54. The van der Waals surface area contributed by atoms with Crippen LogP contribution in [0.5, 0.6) is 34.5 Å². The molecule has 1 heterocycles. The molecule has 0 aliphatic heterocycles. The van der Waals surface area contributed by atoms with Crippen molar-refractivity contribution in [3.8, 4) is 34.5 Å². The molecule has 0 amide bonds. The Morgan fingerprint density at radius 1 is 0.493 bits per heavy atom. The highest BCUT2D eigenvalue weighted by atomic mass is 19.3. The summed E-state index contributed by atoms with van der Waals surface area (Å²) in [6, 6.07) is 32.0. The van der Waals surface area contributed by atoms with E-state index < -0.39 is 49.2 Å². The van der Waals surface area contributed by atoms with Crippen LogP contribution in [0.15, 0.2) is 144 Å². The largest absolute Gasteiger partial charge is 0.490 e. The molecule has 1 aromatic heterocycles. The van der Waals surface area contributed by atoms with Crippen molar-refractivity contribution in [2.24, 2.45) is 0 Å². The summed E-state index contributed by atoms with van der Waals surface area (Å²) in [5.74, 6) is -2.02. The Bertz CT molecular complexity index is 2920. The highest BCUT2D eigenvalue weighted by Crippen LogP contribution is 2.38. The Hall–Kier alpha value is -9.28. The third-order valence-electron chi connectivity index (χ3n) is 9.74. The zero-order valence-corrected chi connectivity index (χ0v) is 39.9. The smallest absolute Gasteiger partial charge is 0.387 e. The van der Waals surface area contributed by atoms with Gasteiger partial charge in [-0.2, -0.15) is 26.3 Å². The first kappa shape index (κ1) is 56.6. The minimum absolute atomic E-state index is 0.0476. The number of hydrogen-bond donors (Lipinski definition) is 5. The molecule has 0 spiro atoms. The van der Waals surface area contributed by atoms with Crippen molar-refractivity contribution in [3.05, 3.63) is 162 Å². The zero-order valence-electron chi connectivity index (χ0n) is 39.9. The fraction of sp³-hybridized carbons (Fsp3) is 0.192. The molecule has 0 aliphatic rings. The average Bonchev–Trinajstić information content (AvgIpc) is 3.90. The molecule has 0 atom stereocenters. The molecule has 75 heavy (non-hydrogen) atoms. The van der Waals surface area contributed by atoms with Crippen molar-refractivity contribution >= 4 is 52.0 Å². The number of carbonyl (C=O) groups is 3. The maximum atomic E-state index is 12.4. The first-order valence-corrected chi connectivity index (χ1v) is 22.3. The SMILES string of the molecule is CCOc1cc(Nc2ccc(C(=O)O)cc2)ccc1OC(F)F.CCOc1ccc(N(Cc2cnco2)c2ccc(C(=O)O)cc2)cc1OCC.O=C(O)c1ccc(Nc2ccc(OC(F)F)c(OC(F)F)c2)cc1. The number of rotatable bonds is 23. The number of nitrogens with one attached hydrogen (secondary N) is 2. The summed E-state index contributed by atoms with van der Waals surface area (Å²) < 4.78 is 109. The van der Waals surface area contributed by atoms with Gasteiger partial charge < -0.3 is 63.7 Å². The summed E-state index contributed by atoms with van der Waals surface area (Å²) in [5.41, 5.74) is 4.11. The van der Waals surface area contributed by atoms with Crippen molar-refractivity contribution in [1.29, 1.82) is 0 Å². The van der Waals surface area contributed by atoms with Crippen LogP contribution in [0.1, 0.15) is 57.6 Å². The number of carboxylic acid groups (broad SMARTS) is 3. The second kappa shape index (κ2) is 28.1. The number of hydrogen-bond acceptors (Lipinski definition) is 14. The Morgan fingerprint density at radius 3 is 1.29 bits per heavy atom. The topological polar surface area (TPSA) is 221 Å². The molecule has 396 valence electrons. The third kappa shape index (κ3) is 17.8. The van der Waals surface area contributed by atoms with Crippen molar-refractivity contribution in [1.82, 2.24) is 4.98 Å². The van der Waals surface area contributed by atoms with Gasteiger partial charge in [0.1, 0.15) is 5.76 Å². The summed E-state index contributed by atoms with van der Waals surface area (Å²) in [7, 11) is 0. The van der Waals surface area contributed by atoms with Gasteiger partial charge in [-0.3, -0.25) is 0 Å². The monoisotopic (exact) mass is 1050 g/mol.